The molecule has 0 amide bonds. The molecule has 0 unspecified atom stereocenters. The number of aromatic amines is 2. The number of azo groups is 1. The van der Waals surface area contributed by atoms with E-state index in [2.05, 4.69) is 30.4 Å². The van der Waals surface area contributed by atoms with Gasteiger partial charge in [0, 0.05) is 5.39 Å². The van der Waals surface area contributed by atoms with Crippen molar-refractivity contribution in [2.24, 2.45) is 10.2 Å². The van der Waals surface area contributed by atoms with E-state index < -0.39 is 11.4 Å². The predicted molar refractivity (Wildman–Crippen MR) is 71.5 cm³/mol. The van der Waals surface area contributed by atoms with Crippen molar-refractivity contribution < 1.29 is 9.50 Å². The predicted octanol–water partition coefficient (Wildman–Crippen LogP) is 2.21. The number of rotatable bonds is 2. The minimum atomic E-state index is -0.444. The summed E-state index contributed by atoms with van der Waals surface area (Å²) in [5, 5.41) is 25.0. The van der Waals surface area contributed by atoms with E-state index in [0.29, 0.717) is 10.9 Å². The summed E-state index contributed by atoms with van der Waals surface area (Å²) in [5.74, 6) is -0.802. The second-order valence-electron chi connectivity index (χ2n) is 4.28. The van der Waals surface area contributed by atoms with Crippen molar-refractivity contribution in [3.8, 4) is 5.88 Å². The number of fused-ring (bicyclic) bond motifs is 1. The number of hydrogen-bond donors (Lipinski definition) is 3. The first-order valence-electron chi connectivity index (χ1n) is 5.90. The van der Waals surface area contributed by atoms with E-state index in [0.717, 1.165) is 0 Å². The van der Waals surface area contributed by atoms with Gasteiger partial charge in [-0.05, 0) is 25.1 Å². The summed E-state index contributed by atoms with van der Waals surface area (Å²) in [6.07, 6.45) is 0. The third-order valence-corrected chi connectivity index (χ3v) is 2.81. The van der Waals surface area contributed by atoms with Gasteiger partial charge < -0.3 is 10.1 Å². The third-order valence-electron chi connectivity index (χ3n) is 2.81. The molecule has 2 aromatic heterocycles. The Balaban J connectivity index is 2.04. The summed E-state index contributed by atoms with van der Waals surface area (Å²) in [6.45, 7) is 1.51. The highest BCUT2D eigenvalue weighted by atomic mass is 19.1. The Morgan fingerprint density at radius 1 is 1.24 bits per heavy atom. The van der Waals surface area contributed by atoms with Gasteiger partial charge in [-0.1, -0.05) is 0 Å². The van der Waals surface area contributed by atoms with Gasteiger partial charge in [-0.15, -0.1) is 20.4 Å². The van der Waals surface area contributed by atoms with Crippen LogP contribution in [0.4, 0.5) is 16.0 Å². The molecule has 0 saturated heterocycles. The zero-order chi connectivity index (χ0) is 15.0. The Morgan fingerprint density at radius 2 is 2.05 bits per heavy atom. The van der Waals surface area contributed by atoms with E-state index in [1.807, 2.05) is 0 Å². The summed E-state index contributed by atoms with van der Waals surface area (Å²) in [6, 6.07) is 3.92. The van der Waals surface area contributed by atoms with E-state index in [9.17, 15) is 14.3 Å². The van der Waals surface area contributed by atoms with Gasteiger partial charge in [0.15, 0.2) is 5.69 Å². The SMILES string of the molecule is Cc1nnc(N=Nc2c(O)[nH]c3cc(F)ccc23)[nH]c1=O. The average Bonchev–Trinajstić information content (AvgIpc) is 2.75. The Bertz CT molecular complexity index is 914. The minimum absolute atomic E-state index is 0.0959. The van der Waals surface area contributed by atoms with Crippen LogP contribution in [0.15, 0.2) is 33.2 Å². The first kappa shape index (κ1) is 12.9. The molecule has 0 bridgehead atoms. The number of halogens is 1. The molecule has 0 aliphatic rings. The minimum Gasteiger partial charge on any atom is -0.493 e. The lowest BCUT2D eigenvalue weighted by molar-refractivity contribution is 0.459. The topological polar surface area (TPSA) is 119 Å². The molecule has 3 rings (SSSR count). The third kappa shape index (κ3) is 2.36. The smallest absolute Gasteiger partial charge is 0.274 e. The second-order valence-corrected chi connectivity index (χ2v) is 4.28. The fourth-order valence-electron chi connectivity index (χ4n) is 1.77. The molecular formula is C12H9FN6O2. The lowest BCUT2D eigenvalue weighted by Crippen LogP contribution is -2.12. The number of aromatic hydroxyl groups is 1. The lowest BCUT2D eigenvalue weighted by Gasteiger charge is -1.93. The van der Waals surface area contributed by atoms with Crippen LogP contribution in [0.25, 0.3) is 10.9 Å². The summed E-state index contributed by atoms with van der Waals surface area (Å²) in [4.78, 5) is 16.3. The zero-order valence-electron chi connectivity index (χ0n) is 10.8. The fraction of sp³-hybridized carbons (Fsp3) is 0.0833. The Hall–Kier alpha value is -3.10. The van der Waals surface area contributed by atoms with Crippen molar-refractivity contribution in [1.82, 2.24) is 20.2 Å². The maximum Gasteiger partial charge on any atom is 0.274 e. The summed E-state index contributed by atoms with van der Waals surface area (Å²) >= 11 is 0. The molecule has 0 radical (unpaired) electrons. The Labute approximate surface area is 116 Å². The molecule has 2 heterocycles. The van der Waals surface area contributed by atoms with Gasteiger partial charge in [-0.3, -0.25) is 9.78 Å². The molecule has 3 N–H and O–H groups in total. The van der Waals surface area contributed by atoms with Crippen LogP contribution in [0.3, 0.4) is 0 Å². The number of benzene rings is 1. The summed E-state index contributed by atoms with van der Waals surface area (Å²) < 4.78 is 13.1. The summed E-state index contributed by atoms with van der Waals surface area (Å²) in [7, 11) is 0. The molecule has 0 aliphatic heterocycles. The highest BCUT2D eigenvalue weighted by Gasteiger charge is 2.11. The number of hydrogen-bond acceptors (Lipinski definition) is 6. The van der Waals surface area contributed by atoms with Gasteiger partial charge in [0.25, 0.3) is 11.5 Å². The molecule has 0 saturated carbocycles. The van der Waals surface area contributed by atoms with Gasteiger partial charge >= 0.3 is 0 Å². The number of aromatic nitrogens is 4. The normalized spacial score (nSPS) is 11.5. The van der Waals surface area contributed by atoms with E-state index in [4.69, 9.17) is 0 Å². The van der Waals surface area contributed by atoms with Gasteiger partial charge in [-0.25, -0.2) is 4.39 Å². The molecule has 0 atom stereocenters. The molecule has 0 fully saturated rings. The molecule has 8 nitrogen and oxygen atoms in total. The molecule has 106 valence electrons. The van der Waals surface area contributed by atoms with Crippen molar-refractivity contribution in [3.63, 3.8) is 0 Å². The van der Waals surface area contributed by atoms with Crippen LogP contribution in [0, 0.1) is 12.7 Å². The Kier molecular flexibility index (Phi) is 2.94. The number of aryl methyl sites for hydroxylation is 1. The van der Waals surface area contributed by atoms with Crippen LogP contribution in [-0.4, -0.2) is 25.3 Å². The Morgan fingerprint density at radius 3 is 2.81 bits per heavy atom. The van der Waals surface area contributed by atoms with Crippen LogP contribution in [0.5, 0.6) is 5.88 Å². The molecule has 1 aromatic carbocycles. The molecule has 0 spiro atoms. The van der Waals surface area contributed by atoms with Gasteiger partial charge in [-0.2, -0.15) is 0 Å². The monoisotopic (exact) mass is 288 g/mol. The first-order chi connectivity index (χ1) is 10.0. The van der Waals surface area contributed by atoms with Crippen molar-refractivity contribution in [2.75, 3.05) is 0 Å². The first-order valence-corrected chi connectivity index (χ1v) is 5.90. The zero-order valence-corrected chi connectivity index (χ0v) is 10.8. The molecule has 3 aromatic rings. The van der Waals surface area contributed by atoms with Crippen LogP contribution in [-0.2, 0) is 0 Å². The molecular weight excluding hydrogens is 279 g/mol. The van der Waals surface area contributed by atoms with E-state index in [-0.39, 0.29) is 23.2 Å². The van der Waals surface area contributed by atoms with Gasteiger partial charge in [0.2, 0.25) is 5.88 Å². The maximum absolute atomic E-state index is 13.1. The average molecular weight is 288 g/mol. The van der Waals surface area contributed by atoms with Crippen molar-refractivity contribution in [2.45, 2.75) is 6.92 Å². The lowest BCUT2D eigenvalue weighted by atomic mass is 10.2. The van der Waals surface area contributed by atoms with Gasteiger partial charge in [0.05, 0.1) is 5.52 Å². The largest absolute Gasteiger partial charge is 0.493 e. The van der Waals surface area contributed by atoms with Crippen LogP contribution in [0.2, 0.25) is 0 Å². The number of H-pyrrole nitrogens is 2. The molecule has 21 heavy (non-hydrogen) atoms. The standard InChI is InChI=1S/C12H9FN6O2/c1-5-10(20)15-12(18-16-5)19-17-9-7-3-2-6(13)4-8(7)14-11(9)21/h2-4,14,21H,1H3,(H,15,18,20). The van der Waals surface area contributed by atoms with Crippen LogP contribution >= 0.6 is 0 Å². The van der Waals surface area contributed by atoms with E-state index in [1.165, 1.54) is 25.1 Å². The molecule has 9 heteroatoms. The van der Waals surface area contributed by atoms with Gasteiger partial charge in [0.1, 0.15) is 11.5 Å². The van der Waals surface area contributed by atoms with Crippen molar-refractivity contribution >= 4 is 22.5 Å². The van der Waals surface area contributed by atoms with E-state index in [1.54, 1.807) is 0 Å². The highest BCUT2D eigenvalue weighted by Crippen LogP contribution is 2.36. The van der Waals surface area contributed by atoms with Crippen LogP contribution < -0.4 is 5.56 Å². The quantitative estimate of drug-likeness (QED) is 0.626. The highest BCUT2D eigenvalue weighted by molar-refractivity contribution is 5.94. The van der Waals surface area contributed by atoms with Crippen LogP contribution in [0.1, 0.15) is 5.69 Å². The van der Waals surface area contributed by atoms with Crippen molar-refractivity contribution in [1.29, 1.82) is 0 Å². The van der Waals surface area contributed by atoms with Crippen molar-refractivity contribution in [3.05, 3.63) is 40.1 Å². The maximum atomic E-state index is 13.1. The number of nitrogens with zero attached hydrogens (tertiary/aromatic N) is 4. The summed E-state index contributed by atoms with van der Waals surface area (Å²) in [5.41, 5.74) is 0.279. The molecule has 0 aliphatic carbocycles. The van der Waals surface area contributed by atoms with E-state index >= 15 is 0 Å². The second kappa shape index (κ2) is 4.78. The number of nitrogens with one attached hydrogen (secondary N) is 2. The fourth-order valence-corrected chi connectivity index (χ4v) is 1.77.